The highest BCUT2D eigenvalue weighted by Gasteiger charge is 2.21. The molecule has 1 aromatic carbocycles. The van der Waals surface area contributed by atoms with Crippen molar-refractivity contribution in [1.82, 2.24) is 4.90 Å². The van der Waals surface area contributed by atoms with Crippen LogP contribution in [0, 0.1) is 5.82 Å². The number of nitrogens with zero attached hydrogens (tertiary/aromatic N) is 1. The van der Waals surface area contributed by atoms with Crippen molar-refractivity contribution in [2.24, 2.45) is 0 Å². The van der Waals surface area contributed by atoms with Crippen LogP contribution < -0.4 is 0 Å². The lowest BCUT2D eigenvalue weighted by Crippen LogP contribution is -2.37. The standard InChI is InChI=1S/C14H18FNO3/c1-14(2,3)19-13(18)16(4)9-12(17)10-6-5-7-11(15)8-10/h5-8H,9H2,1-4H3. The Bertz CT molecular complexity index is 480. The smallest absolute Gasteiger partial charge is 0.410 e. The molecule has 0 atom stereocenters. The van der Waals surface area contributed by atoms with Gasteiger partial charge in [-0.3, -0.25) is 4.79 Å². The third kappa shape index (κ3) is 5.07. The summed E-state index contributed by atoms with van der Waals surface area (Å²) in [4.78, 5) is 24.7. The lowest BCUT2D eigenvalue weighted by molar-refractivity contribution is 0.0295. The molecule has 0 unspecified atom stereocenters. The number of benzene rings is 1. The van der Waals surface area contributed by atoms with Gasteiger partial charge >= 0.3 is 6.09 Å². The fraction of sp³-hybridized carbons (Fsp3) is 0.429. The van der Waals surface area contributed by atoms with Crippen LogP contribution in [0.5, 0.6) is 0 Å². The van der Waals surface area contributed by atoms with E-state index < -0.39 is 17.5 Å². The van der Waals surface area contributed by atoms with Gasteiger partial charge in [0.15, 0.2) is 5.78 Å². The summed E-state index contributed by atoms with van der Waals surface area (Å²) in [7, 11) is 1.46. The quantitative estimate of drug-likeness (QED) is 0.791. The maximum absolute atomic E-state index is 13.0. The molecule has 0 saturated carbocycles. The highest BCUT2D eigenvalue weighted by atomic mass is 19.1. The first-order valence-electron chi connectivity index (χ1n) is 5.92. The highest BCUT2D eigenvalue weighted by Crippen LogP contribution is 2.10. The Morgan fingerprint density at radius 1 is 1.32 bits per heavy atom. The molecule has 1 aromatic rings. The average molecular weight is 267 g/mol. The van der Waals surface area contributed by atoms with Crippen molar-refractivity contribution in [3.8, 4) is 0 Å². The lowest BCUT2D eigenvalue weighted by atomic mass is 10.1. The minimum Gasteiger partial charge on any atom is -0.444 e. The molecule has 0 spiro atoms. The van der Waals surface area contributed by atoms with Crippen LogP contribution in [-0.4, -0.2) is 36.0 Å². The monoisotopic (exact) mass is 267 g/mol. The van der Waals surface area contributed by atoms with E-state index in [-0.39, 0.29) is 17.9 Å². The molecule has 0 fully saturated rings. The van der Waals surface area contributed by atoms with Crippen molar-refractivity contribution in [3.63, 3.8) is 0 Å². The fourth-order valence-corrected chi connectivity index (χ4v) is 1.37. The first-order chi connectivity index (χ1) is 8.69. The van der Waals surface area contributed by atoms with Gasteiger partial charge in [0.05, 0.1) is 6.54 Å². The second-order valence-corrected chi connectivity index (χ2v) is 5.27. The molecule has 0 heterocycles. The van der Waals surface area contributed by atoms with Crippen molar-refractivity contribution in [3.05, 3.63) is 35.6 Å². The summed E-state index contributed by atoms with van der Waals surface area (Å²) in [6.45, 7) is 5.08. The number of carbonyl (C=O) groups excluding carboxylic acids is 2. The first-order valence-corrected chi connectivity index (χ1v) is 5.92. The number of amides is 1. The predicted molar refractivity (Wildman–Crippen MR) is 69.6 cm³/mol. The van der Waals surface area contributed by atoms with Crippen LogP contribution >= 0.6 is 0 Å². The molecule has 0 aliphatic heterocycles. The summed E-state index contributed by atoms with van der Waals surface area (Å²) in [6.07, 6.45) is -0.586. The van der Waals surface area contributed by atoms with Crippen LogP contribution in [0.25, 0.3) is 0 Å². The molecule has 0 saturated heterocycles. The van der Waals surface area contributed by atoms with Crippen molar-refractivity contribution in [2.45, 2.75) is 26.4 Å². The summed E-state index contributed by atoms with van der Waals surface area (Å²) in [5.41, 5.74) is -0.386. The molecule has 0 radical (unpaired) electrons. The average Bonchev–Trinajstić information content (AvgIpc) is 2.26. The van der Waals surface area contributed by atoms with Gasteiger partial charge in [-0.2, -0.15) is 0 Å². The zero-order valence-corrected chi connectivity index (χ0v) is 11.6. The molecule has 0 aliphatic carbocycles. The van der Waals surface area contributed by atoms with Crippen molar-refractivity contribution >= 4 is 11.9 Å². The molecular formula is C14H18FNO3. The molecule has 5 heteroatoms. The molecule has 0 aromatic heterocycles. The van der Waals surface area contributed by atoms with Gasteiger partial charge in [0.25, 0.3) is 0 Å². The van der Waals surface area contributed by atoms with Crippen LogP contribution in [0.2, 0.25) is 0 Å². The van der Waals surface area contributed by atoms with Crippen LogP contribution in [-0.2, 0) is 4.74 Å². The van der Waals surface area contributed by atoms with E-state index in [2.05, 4.69) is 0 Å². The predicted octanol–water partition coefficient (Wildman–Crippen LogP) is 2.88. The van der Waals surface area contributed by atoms with Gasteiger partial charge in [-0.15, -0.1) is 0 Å². The maximum atomic E-state index is 13.0. The van der Waals surface area contributed by atoms with Gasteiger partial charge in [0, 0.05) is 12.6 Å². The van der Waals surface area contributed by atoms with Crippen LogP contribution in [0.1, 0.15) is 31.1 Å². The summed E-state index contributed by atoms with van der Waals surface area (Å²) in [5.74, 6) is -0.821. The number of Topliss-reactive ketones (excluding diaryl/α,β-unsaturated/α-hetero) is 1. The Labute approximate surface area is 112 Å². The second kappa shape index (κ2) is 5.82. The Balaban J connectivity index is 2.64. The zero-order chi connectivity index (χ0) is 14.6. The molecule has 104 valence electrons. The van der Waals surface area contributed by atoms with Gasteiger partial charge in [-0.1, -0.05) is 12.1 Å². The van der Waals surface area contributed by atoms with Gasteiger partial charge < -0.3 is 9.64 Å². The van der Waals surface area contributed by atoms with Gasteiger partial charge in [0.1, 0.15) is 11.4 Å². The van der Waals surface area contributed by atoms with E-state index in [1.165, 1.54) is 30.1 Å². The van der Waals surface area contributed by atoms with Crippen LogP contribution in [0.4, 0.5) is 9.18 Å². The van der Waals surface area contributed by atoms with E-state index in [1.807, 2.05) is 0 Å². The third-order valence-corrected chi connectivity index (χ3v) is 2.23. The minimum atomic E-state index is -0.618. The summed E-state index contributed by atoms with van der Waals surface area (Å²) < 4.78 is 18.1. The molecule has 0 bridgehead atoms. The number of likely N-dealkylation sites (N-methyl/N-ethyl adjacent to an activating group) is 1. The number of hydrogen-bond acceptors (Lipinski definition) is 3. The van der Waals surface area contributed by atoms with E-state index in [9.17, 15) is 14.0 Å². The lowest BCUT2D eigenvalue weighted by Gasteiger charge is -2.24. The number of ether oxygens (including phenoxy) is 1. The van der Waals surface area contributed by atoms with Crippen molar-refractivity contribution in [1.29, 1.82) is 0 Å². The maximum Gasteiger partial charge on any atom is 0.410 e. The van der Waals surface area contributed by atoms with Gasteiger partial charge in [0.2, 0.25) is 0 Å². The summed E-state index contributed by atoms with van der Waals surface area (Å²) in [6, 6.07) is 5.37. The molecular weight excluding hydrogens is 249 g/mol. The number of ketones is 1. The Morgan fingerprint density at radius 2 is 1.95 bits per heavy atom. The number of carbonyl (C=O) groups is 2. The number of hydrogen-bond donors (Lipinski definition) is 0. The van der Waals surface area contributed by atoms with E-state index >= 15 is 0 Å². The van der Waals surface area contributed by atoms with E-state index in [1.54, 1.807) is 20.8 Å². The van der Waals surface area contributed by atoms with Gasteiger partial charge in [-0.05, 0) is 32.9 Å². The molecule has 0 N–H and O–H groups in total. The van der Waals surface area contributed by atoms with E-state index in [0.717, 1.165) is 6.07 Å². The topological polar surface area (TPSA) is 46.6 Å². The molecule has 0 aliphatic rings. The van der Waals surface area contributed by atoms with Crippen molar-refractivity contribution in [2.75, 3.05) is 13.6 Å². The fourth-order valence-electron chi connectivity index (χ4n) is 1.37. The SMILES string of the molecule is CN(CC(=O)c1cccc(F)c1)C(=O)OC(C)(C)C. The number of halogens is 1. The van der Waals surface area contributed by atoms with Crippen LogP contribution in [0.15, 0.2) is 24.3 Å². The van der Waals surface area contributed by atoms with Gasteiger partial charge in [-0.25, -0.2) is 9.18 Å². The Kier molecular flexibility index (Phi) is 4.64. The highest BCUT2D eigenvalue weighted by molar-refractivity contribution is 5.98. The third-order valence-electron chi connectivity index (χ3n) is 2.23. The first kappa shape index (κ1) is 15.1. The van der Waals surface area contributed by atoms with E-state index in [4.69, 9.17) is 4.74 Å². The van der Waals surface area contributed by atoms with Crippen molar-refractivity contribution < 1.29 is 18.7 Å². The zero-order valence-electron chi connectivity index (χ0n) is 11.6. The number of rotatable bonds is 3. The minimum absolute atomic E-state index is 0.154. The normalized spacial score (nSPS) is 11.0. The van der Waals surface area contributed by atoms with E-state index in [0.29, 0.717) is 0 Å². The molecule has 19 heavy (non-hydrogen) atoms. The molecule has 1 amide bonds. The van der Waals surface area contributed by atoms with Crippen LogP contribution in [0.3, 0.4) is 0 Å². The second-order valence-electron chi connectivity index (χ2n) is 5.27. The Morgan fingerprint density at radius 3 is 2.47 bits per heavy atom. The largest absolute Gasteiger partial charge is 0.444 e. The summed E-state index contributed by atoms with van der Waals surface area (Å²) >= 11 is 0. The molecule has 1 rings (SSSR count). The summed E-state index contributed by atoms with van der Waals surface area (Å²) in [5, 5.41) is 0. The Hall–Kier alpha value is -1.91. The molecule has 4 nitrogen and oxygen atoms in total.